The highest BCUT2D eigenvalue weighted by atomic mass is 19.1. The van der Waals surface area contributed by atoms with E-state index in [4.69, 9.17) is 0 Å². The number of nitrogens with zero attached hydrogens (tertiary/aromatic N) is 1. The number of halogens is 1. The number of hydrogen-bond donors (Lipinski definition) is 1. The minimum absolute atomic E-state index is 0.204. The maximum absolute atomic E-state index is 12.9. The molecular formula is C9H21FN2. The highest BCUT2D eigenvalue weighted by Gasteiger charge is 2.26. The summed E-state index contributed by atoms with van der Waals surface area (Å²) >= 11 is 0. The predicted octanol–water partition coefficient (Wildman–Crippen LogP) is 1.13. The second-order valence-corrected chi connectivity index (χ2v) is 3.20. The van der Waals surface area contributed by atoms with E-state index in [1.54, 1.807) is 0 Å². The normalized spacial score (nSPS) is 28.5. The second-order valence-electron chi connectivity index (χ2n) is 3.20. The molecule has 0 aliphatic carbocycles. The second kappa shape index (κ2) is 6.38. The van der Waals surface area contributed by atoms with Gasteiger partial charge in [0.25, 0.3) is 0 Å². The summed E-state index contributed by atoms with van der Waals surface area (Å²) in [4.78, 5) is 2.03. The molecule has 1 aliphatic rings. The highest BCUT2D eigenvalue weighted by Crippen LogP contribution is 2.12. The summed E-state index contributed by atoms with van der Waals surface area (Å²) in [6.07, 6.45) is -0.637. The van der Waals surface area contributed by atoms with Crippen molar-refractivity contribution in [3.8, 4) is 0 Å². The molecule has 2 atom stereocenters. The van der Waals surface area contributed by atoms with Crippen LogP contribution < -0.4 is 5.32 Å². The van der Waals surface area contributed by atoms with E-state index < -0.39 is 6.17 Å². The number of nitrogens with one attached hydrogen (secondary N) is 1. The molecule has 1 N–H and O–H groups in total. The van der Waals surface area contributed by atoms with Crippen molar-refractivity contribution in [3.63, 3.8) is 0 Å². The molecule has 1 fully saturated rings. The Labute approximate surface area is 75.1 Å². The van der Waals surface area contributed by atoms with E-state index in [0.29, 0.717) is 6.54 Å². The van der Waals surface area contributed by atoms with Crippen LogP contribution in [0.4, 0.5) is 4.39 Å². The Morgan fingerprint density at radius 3 is 2.25 bits per heavy atom. The average Bonchev–Trinajstić information content (AvgIpc) is 2.40. The standard InChI is InChI=1S/C7H15FN2.C2H6/c1-10(2)5-6-3-9-4-7(6)8;1-2/h6-7,9H,3-5H2,1-2H3;1-2H3. The molecule has 1 saturated heterocycles. The van der Waals surface area contributed by atoms with Crippen molar-refractivity contribution in [2.45, 2.75) is 20.0 Å². The van der Waals surface area contributed by atoms with Crippen molar-refractivity contribution in [1.29, 1.82) is 0 Å². The van der Waals surface area contributed by atoms with Gasteiger partial charge in [-0.2, -0.15) is 0 Å². The Kier molecular flexibility index (Phi) is 6.30. The van der Waals surface area contributed by atoms with Gasteiger partial charge in [0.15, 0.2) is 0 Å². The molecule has 0 aromatic carbocycles. The average molecular weight is 176 g/mol. The van der Waals surface area contributed by atoms with Gasteiger partial charge in [0.1, 0.15) is 6.17 Å². The first kappa shape index (κ1) is 11.8. The number of alkyl halides is 1. The first-order valence-electron chi connectivity index (χ1n) is 4.69. The molecule has 12 heavy (non-hydrogen) atoms. The van der Waals surface area contributed by atoms with Gasteiger partial charge in [-0.25, -0.2) is 4.39 Å². The van der Waals surface area contributed by atoms with Gasteiger partial charge in [0, 0.05) is 25.6 Å². The maximum atomic E-state index is 12.9. The van der Waals surface area contributed by atoms with E-state index in [9.17, 15) is 4.39 Å². The smallest absolute Gasteiger partial charge is 0.118 e. The molecule has 2 unspecified atom stereocenters. The SMILES string of the molecule is CC.CN(C)CC1CNCC1F. The van der Waals surface area contributed by atoms with Crippen LogP contribution in [0.15, 0.2) is 0 Å². The van der Waals surface area contributed by atoms with Crippen LogP contribution in [0.5, 0.6) is 0 Å². The van der Waals surface area contributed by atoms with Gasteiger partial charge in [-0.1, -0.05) is 13.8 Å². The lowest BCUT2D eigenvalue weighted by Crippen LogP contribution is -2.27. The first-order chi connectivity index (χ1) is 5.70. The monoisotopic (exact) mass is 176 g/mol. The van der Waals surface area contributed by atoms with Crippen LogP contribution in [-0.4, -0.2) is 44.8 Å². The quantitative estimate of drug-likeness (QED) is 0.678. The van der Waals surface area contributed by atoms with E-state index in [0.717, 1.165) is 13.1 Å². The zero-order valence-electron chi connectivity index (χ0n) is 8.60. The van der Waals surface area contributed by atoms with Crippen LogP contribution in [0.2, 0.25) is 0 Å². The molecule has 0 radical (unpaired) electrons. The molecular weight excluding hydrogens is 155 g/mol. The molecule has 1 rings (SSSR count). The van der Waals surface area contributed by atoms with Gasteiger partial charge >= 0.3 is 0 Å². The van der Waals surface area contributed by atoms with Crippen molar-refractivity contribution in [2.75, 3.05) is 33.7 Å². The number of hydrogen-bond acceptors (Lipinski definition) is 2. The third-order valence-corrected chi connectivity index (χ3v) is 1.86. The van der Waals surface area contributed by atoms with Crippen LogP contribution in [0.1, 0.15) is 13.8 Å². The molecule has 0 saturated carbocycles. The van der Waals surface area contributed by atoms with Crippen LogP contribution in [0.3, 0.4) is 0 Å². The van der Waals surface area contributed by atoms with E-state index in [-0.39, 0.29) is 5.92 Å². The summed E-state index contributed by atoms with van der Waals surface area (Å²) < 4.78 is 12.9. The lowest BCUT2D eigenvalue weighted by Gasteiger charge is -2.16. The molecule has 3 heteroatoms. The number of rotatable bonds is 2. The zero-order valence-corrected chi connectivity index (χ0v) is 8.60. The lowest BCUT2D eigenvalue weighted by atomic mass is 10.1. The van der Waals surface area contributed by atoms with Gasteiger partial charge in [0.2, 0.25) is 0 Å². The van der Waals surface area contributed by atoms with Crippen LogP contribution in [-0.2, 0) is 0 Å². The molecule has 0 aromatic heterocycles. The first-order valence-corrected chi connectivity index (χ1v) is 4.69. The van der Waals surface area contributed by atoms with Gasteiger partial charge in [0.05, 0.1) is 0 Å². The van der Waals surface area contributed by atoms with Crippen molar-refractivity contribution in [2.24, 2.45) is 5.92 Å². The molecule has 0 aromatic rings. The summed E-state index contributed by atoms with van der Waals surface area (Å²) in [6, 6.07) is 0. The van der Waals surface area contributed by atoms with Gasteiger partial charge in [-0.3, -0.25) is 0 Å². The largest absolute Gasteiger partial charge is 0.313 e. The Morgan fingerprint density at radius 2 is 1.92 bits per heavy atom. The van der Waals surface area contributed by atoms with Gasteiger partial charge < -0.3 is 10.2 Å². The zero-order chi connectivity index (χ0) is 9.56. The third-order valence-electron chi connectivity index (χ3n) is 1.86. The summed E-state index contributed by atoms with van der Waals surface area (Å²) in [7, 11) is 3.95. The fourth-order valence-corrected chi connectivity index (χ4v) is 1.35. The molecule has 1 aliphatic heterocycles. The molecule has 74 valence electrons. The predicted molar refractivity (Wildman–Crippen MR) is 51.2 cm³/mol. The Morgan fingerprint density at radius 1 is 1.33 bits per heavy atom. The summed E-state index contributed by atoms with van der Waals surface area (Å²) in [6.45, 7) is 6.23. The van der Waals surface area contributed by atoms with E-state index in [1.807, 2.05) is 32.8 Å². The summed E-state index contributed by atoms with van der Waals surface area (Å²) in [5.41, 5.74) is 0. The Bertz CT molecular complexity index is 107. The Balaban J connectivity index is 0.000000561. The van der Waals surface area contributed by atoms with Crippen molar-refractivity contribution < 1.29 is 4.39 Å². The molecule has 2 nitrogen and oxygen atoms in total. The topological polar surface area (TPSA) is 15.3 Å². The van der Waals surface area contributed by atoms with E-state index >= 15 is 0 Å². The van der Waals surface area contributed by atoms with Gasteiger partial charge in [-0.05, 0) is 14.1 Å². The lowest BCUT2D eigenvalue weighted by molar-refractivity contribution is 0.231. The maximum Gasteiger partial charge on any atom is 0.118 e. The van der Waals surface area contributed by atoms with Crippen molar-refractivity contribution in [1.82, 2.24) is 10.2 Å². The van der Waals surface area contributed by atoms with Gasteiger partial charge in [-0.15, -0.1) is 0 Å². The van der Waals surface area contributed by atoms with Crippen molar-refractivity contribution in [3.05, 3.63) is 0 Å². The fourth-order valence-electron chi connectivity index (χ4n) is 1.35. The van der Waals surface area contributed by atoms with E-state index in [1.165, 1.54) is 0 Å². The summed E-state index contributed by atoms with van der Waals surface area (Å²) in [5, 5.41) is 3.03. The fraction of sp³-hybridized carbons (Fsp3) is 1.00. The summed E-state index contributed by atoms with van der Waals surface area (Å²) in [5.74, 6) is 0.204. The van der Waals surface area contributed by atoms with E-state index in [2.05, 4.69) is 5.32 Å². The van der Waals surface area contributed by atoms with Crippen LogP contribution in [0, 0.1) is 5.92 Å². The van der Waals surface area contributed by atoms with Crippen LogP contribution in [0.25, 0.3) is 0 Å². The molecule has 1 heterocycles. The van der Waals surface area contributed by atoms with Crippen molar-refractivity contribution >= 4 is 0 Å². The Hall–Kier alpha value is -0.150. The highest BCUT2D eigenvalue weighted by molar-refractivity contribution is 4.81. The van der Waals surface area contributed by atoms with Crippen LogP contribution >= 0.6 is 0 Å². The third kappa shape index (κ3) is 4.02. The minimum atomic E-state index is -0.637. The minimum Gasteiger partial charge on any atom is -0.313 e. The molecule has 0 amide bonds. The molecule has 0 spiro atoms. The molecule has 0 bridgehead atoms.